The van der Waals surface area contributed by atoms with Crippen LogP contribution in [0.5, 0.6) is 0 Å². The molecule has 0 aliphatic carbocycles. The number of piperazine rings is 1. The van der Waals surface area contributed by atoms with Crippen molar-refractivity contribution in [3.63, 3.8) is 0 Å². The second-order valence-electron chi connectivity index (χ2n) is 6.68. The predicted molar refractivity (Wildman–Crippen MR) is 95.6 cm³/mol. The number of aliphatic hydroxyl groups excluding tert-OH is 2. The summed E-state index contributed by atoms with van der Waals surface area (Å²) in [6, 6.07) is 12.5. The van der Waals surface area contributed by atoms with Crippen LogP contribution >= 0.6 is 0 Å². The number of benzene rings is 2. The molecule has 0 spiro atoms. The van der Waals surface area contributed by atoms with Gasteiger partial charge in [0.1, 0.15) is 11.6 Å². The second-order valence-corrected chi connectivity index (χ2v) is 6.68. The molecule has 2 N–H and O–H groups in total. The molecule has 0 saturated carbocycles. The lowest BCUT2D eigenvalue weighted by molar-refractivity contribution is 0.0465. The highest BCUT2D eigenvalue weighted by atomic mass is 19.1. The fourth-order valence-electron chi connectivity index (χ4n) is 3.33. The van der Waals surface area contributed by atoms with Gasteiger partial charge in [0.15, 0.2) is 0 Å². The lowest BCUT2D eigenvalue weighted by Gasteiger charge is -2.36. The average Bonchev–Trinajstić information content (AvgIpc) is 2.64. The number of rotatable bonds is 6. The summed E-state index contributed by atoms with van der Waals surface area (Å²) in [5.74, 6) is -0.793. The largest absolute Gasteiger partial charge is 0.387 e. The predicted octanol–water partition coefficient (Wildman–Crippen LogP) is 2.35. The van der Waals surface area contributed by atoms with Gasteiger partial charge in [-0.25, -0.2) is 8.78 Å². The third-order valence-electron chi connectivity index (χ3n) is 4.86. The van der Waals surface area contributed by atoms with Gasteiger partial charge >= 0.3 is 0 Å². The van der Waals surface area contributed by atoms with Crippen molar-refractivity contribution in [2.24, 2.45) is 0 Å². The summed E-state index contributed by atoms with van der Waals surface area (Å²) in [5, 5.41) is 20.5. The summed E-state index contributed by atoms with van der Waals surface area (Å²) in [6.45, 7) is 3.55. The minimum Gasteiger partial charge on any atom is -0.387 e. The Balaban J connectivity index is 1.48. The van der Waals surface area contributed by atoms with E-state index in [2.05, 4.69) is 9.80 Å². The molecule has 0 unspecified atom stereocenters. The van der Waals surface area contributed by atoms with E-state index < -0.39 is 23.8 Å². The van der Waals surface area contributed by atoms with Gasteiger partial charge in [0, 0.05) is 50.4 Å². The van der Waals surface area contributed by atoms with Gasteiger partial charge < -0.3 is 10.2 Å². The van der Waals surface area contributed by atoms with Gasteiger partial charge in [-0.2, -0.15) is 0 Å². The Morgan fingerprint density at radius 2 is 1.04 bits per heavy atom. The molecule has 0 radical (unpaired) electrons. The van der Waals surface area contributed by atoms with Crippen LogP contribution < -0.4 is 0 Å². The monoisotopic (exact) mass is 362 g/mol. The van der Waals surface area contributed by atoms with Gasteiger partial charge in [-0.1, -0.05) is 36.4 Å². The number of hydrogen-bond donors (Lipinski definition) is 2. The van der Waals surface area contributed by atoms with Crippen molar-refractivity contribution in [2.45, 2.75) is 12.2 Å². The fourth-order valence-corrected chi connectivity index (χ4v) is 3.33. The van der Waals surface area contributed by atoms with Crippen LogP contribution in [0.1, 0.15) is 23.3 Å². The molecule has 2 atom stereocenters. The lowest BCUT2D eigenvalue weighted by atomic mass is 10.1. The highest BCUT2D eigenvalue weighted by Crippen LogP contribution is 2.20. The maximum Gasteiger partial charge on any atom is 0.129 e. The van der Waals surface area contributed by atoms with Gasteiger partial charge in [-0.3, -0.25) is 9.80 Å². The number of halogens is 2. The summed E-state index contributed by atoms with van der Waals surface area (Å²) >= 11 is 0. The van der Waals surface area contributed by atoms with Crippen LogP contribution in [-0.4, -0.2) is 59.3 Å². The highest BCUT2D eigenvalue weighted by molar-refractivity contribution is 5.21. The van der Waals surface area contributed by atoms with Crippen LogP contribution in [-0.2, 0) is 0 Å². The van der Waals surface area contributed by atoms with Gasteiger partial charge in [0.2, 0.25) is 0 Å². The van der Waals surface area contributed by atoms with E-state index in [1.54, 1.807) is 36.4 Å². The first-order chi connectivity index (χ1) is 12.5. The van der Waals surface area contributed by atoms with E-state index in [1.165, 1.54) is 12.1 Å². The molecule has 26 heavy (non-hydrogen) atoms. The summed E-state index contributed by atoms with van der Waals surface area (Å²) in [5.41, 5.74) is 0.620. The molecule has 0 aromatic heterocycles. The molecule has 1 heterocycles. The molecule has 0 bridgehead atoms. The number of hydrogen-bond acceptors (Lipinski definition) is 4. The van der Waals surface area contributed by atoms with E-state index in [4.69, 9.17) is 0 Å². The molecule has 1 saturated heterocycles. The smallest absolute Gasteiger partial charge is 0.129 e. The van der Waals surface area contributed by atoms with Crippen LogP contribution in [0.4, 0.5) is 8.78 Å². The molecule has 3 rings (SSSR count). The highest BCUT2D eigenvalue weighted by Gasteiger charge is 2.23. The van der Waals surface area contributed by atoms with Crippen LogP contribution in [0.25, 0.3) is 0 Å². The fraction of sp³-hybridized carbons (Fsp3) is 0.400. The quantitative estimate of drug-likeness (QED) is 0.828. The molecule has 0 amide bonds. The maximum atomic E-state index is 13.7. The minimum atomic E-state index is -0.869. The Labute approximate surface area is 152 Å². The summed E-state index contributed by atoms with van der Waals surface area (Å²) in [7, 11) is 0. The molecule has 4 nitrogen and oxygen atoms in total. The minimum absolute atomic E-state index is 0.310. The van der Waals surface area contributed by atoms with Crippen molar-refractivity contribution in [3.05, 3.63) is 71.3 Å². The van der Waals surface area contributed by atoms with E-state index in [-0.39, 0.29) is 0 Å². The summed E-state index contributed by atoms with van der Waals surface area (Å²) < 4.78 is 27.5. The average molecular weight is 362 g/mol. The number of aliphatic hydroxyl groups is 2. The summed E-state index contributed by atoms with van der Waals surface area (Å²) in [6.07, 6.45) is -1.74. The summed E-state index contributed by atoms with van der Waals surface area (Å²) in [4.78, 5) is 4.15. The SMILES string of the molecule is O[C@@H](CN1CCN(C[C@H](O)c2ccccc2F)CC1)c1ccccc1F. The van der Waals surface area contributed by atoms with Crippen LogP contribution in [0.2, 0.25) is 0 Å². The molecule has 1 aliphatic heterocycles. The third-order valence-corrected chi connectivity index (χ3v) is 4.86. The van der Waals surface area contributed by atoms with Gasteiger partial charge in [0.25, 0.3) is 0 Å². The maximum absolute atomic E-state index is 13.7. The Kier molecular flexibility index (Phi) is 6.32. The zero-order valence-corrected chi connectivity index (χ0v) is 14.6. The van der Waals surface area contributed by atoms with Crippen molar-refractivity contribution >= 4 is 0 Å². The van der Waals surface area contributed by atoms with Gasteiger partial charge in [-0.15, -0.1) is 0 Å². The van der Waals surface area contributed by atoms with E-state index in [0.717, 1.165) is 0 Å². The first-order valence-electron chi connectivity index (χ1n) is 8.84. The Morgan fingerprint density at radius 1 is 0.692 bits per heavy atom. The first-order valence-corrected chi connectivity index (χ1v) is 8.84. The van der Waals surface area contributed by atoms with Crippen molar-refractivity contribution in [1.82, 2.24) is 9.80 Å². The van der Waals surface area contributed by atoms with E-state index in [0.29, 0.717) is 50.4 Å². The first kappa shape index (κ1) is 18.9. The molecular weight excluding hydrogens is 338 g/mol. The Hall–Kier alpha value is -1.86. The molecule has 6 heteroatoms. The Bertz CT molecular complexity index is 659. The van der Waals surface area contributed by atoms with Crippen molar-refractivity contribution in [2.75, 3.05) is 39.3 Å². The van der Waals surface area contributed by atoms with Crippen molar-refractivity contribution in [3.8, 4) is 0 Å². The molecule has 2 aromatic carbocycles. The topological polar surface area (TPSA) is 46.9 Å². The van der Waals surface area contributed by atoms with Crippen LogP contribution in [0.15, 0.2) is 48.5 Å². The standard InChI is InChI=1S/C20H24F2N2O2/c21-17-7-3-1-5-15(17)19(25)13-23-9-11-24(12-10-23)14-20(26)16-6-2-4-8-18(16)22/h1-8,19-20,25-26H,9-14H2/t19-,20-/m0/s1. The van der Waals surface area contributed by atoms with Gasteiger partial charge in [-0.05, 0) is 12.1 Å². The molecular formula is C20H24F2N2O2. The second kappa shape index (κ2) is 8.68. The zero-order chi connectivity index (χ0) is 18.5. The normalized spacial score (nSPS) is 18.6. The van der Waals surface area contributed by atoms with Crippen LogP contribution in [0, 0.1) is 11.6 Å². The molecule has 2 aromatic rings. The molecule has 1 fully saturated rings. The number of nitrogens with zero attached hydrogens (tertiary/aromatic N) is 2. The molecule has 1 aliphatic rings. The third kappa shape index (κ3) is 4.65. The van der Waals surface area contributed by atoms with Gasteiger partial charge in [0.05, 0.1) is 12.2 Å². The lowest BCUT2D eigenvalue weighted by Crippen LogP contribution is -2.48. The van der Waals surface area contributed by atoms with E-state index in [1.807, 2.05) is 0 Å². The van der Waals surface area contributed by atoms with E-state index >= 15 is 0 Å². The van der Waals surface area contributed by atoms with Crippen molar-refractivity contribution in [1.29, 1.82) is 0 Å². The van der Waals surface area contributed by atoms with Crippen molar-refractivity contribution < 1.29 is 19.0 Å². The Morgan fingerprint density at radius 3 is 1.38 bits per heavy atom. The van der Waals surface area contributed by atoms with E-state index in [9.17, 15) is 19.0 Å². The van der Waals surface area contributed by atoms with Crippen LogP contribution in [0.3, 0.4) is 0 Å². The zero-order valence-electron chi connectivity index (χ0n) is 14.6. The number of β-amino-alcohol motifs (C(OH)–C–C–N with tert-alkyl or cyclic N) is 2. The molecule has 140 valence electrons.